The van der Waals surface area contributed by atoms with Gasteiger partial charge in [-0.1, -0.05) is 37.5 Å². The highest BCUT2D eigenvalue weighted by atomic mass is 32.1. The molecule has 3 nitrogen and oxygen atoms in total. The third-order valence-corrected chi connectivity index (χ3v) is 3.79. The third-order valence-electron chi connectivity index (χ3n) is 3.58. The van der Waals surface area contributed by atoms with Crippen molar-refractivity contribution in [3.8, 4) is 0 Å². The van der Waals surface area contributed by atoms with Gasteiger partial charge >= 0.3 is 0 Å². The molecule has 1 aliphatic rings. The normalized spacial score (nSPS) is 16.1. The first kappa shape index (κ1) is 15.2. The number of halogens is 1. The lowest BCUT2D eigenvalue weighted by molar-refractivity contribution is 0.0347. The van der Waals surface area contributed by atoms with Crippen LogP contribution >= 0.6 is 12.2 Å². The van der Waals surface area contributed by atoms with Gasteiger partial charge in [0.25, 0.3) is 0 Å². The Labute approximate surface area is 124 Å². The van der Waals surface area contributed by atoms with Crippen LogP contribution in [0, 0.1) is 5.82 Å². The number of hydrogen-bond acceptors (Lipinski definition) is 3. The number of anilines is 1. The van der Waals surface area contributed by atoms with Gasteiger partial charge < -0.3 is 15.8 Å². The van der Waals surface area contributed by atoms with Crippen LogP contribution in [0.25, 0.3) is 0 Å². The van der Waals surface area contributed by atoms with Crippen LogP contribution in [-0.4, -0.2) is 24.2 Å². The highest BCUT2D eigenvalue weighted by Crippen LogP contribution is 2.21. The summed E-state index contributed by atoms with van der Waals surface area (Å²) in [5.74, 6) is -0.393. The molecule has 20 heavy (non-hydrogen) atoms. The van der Waals surface area contributed by atoms with E-state index in [1.54, 1.807) is 12.1 Å². The summed E-state index contributed by atoms with van der Waals surface area (Å²) in [5, 5.41) is 3.14. The average Bonchev–Trinajstić information content (AvgIpc) is 2.44. The molecule has 2 rings (SSSR count). The van der Waals surface area contributed by atoms with Crippen molar-refractivity contribution in [2.75, 3.05) is 18.5 Å². The number of thiocarbonyl (C=S) groups is 1. The minimum absolute atomic E-state index is 0.0683. The second kappa shape index (κ2) is 7.55. The van der Waals surface area contributed by atoms with Crippen LogP contribution in [0.2, 0.25) is 0 Å². The summed E-state index contributed by atoms with van der Waals surface area (Å²) in [6, 6.07) is 4.78. The second-order valence-corrected chi connectivity index (χ2v) is 5.52. The fraction of sp³-hybridized carbons (Fsp3) is 0.533. The Kier molecular flexibility index (Phi) is 5.73. The molecular weight excluding hydrogens is 275 g/mol. The number of rotatable bonds is 6. The maximum Gasteiger partial charge on any atom is 0.135 e. The molecule has 0 radical (unpaired) electrons. The number of nitrogens with two attached hydrogens (primary N) is 1. The van der Waals surface area contributed by atoms with Gasteiger partial charge in [-0.2, -0.15) is 0 Å². The van der Waals surface area contributed by atoms with E-state index in [4.69, 9.17) is 22.7 Å². The minimum atomic E-state index is -0.393. The summed E-state index contributed by atoms with van der Waals surface area (Å²) in [6.45, 7) is 1.23. The van der Waals surface area contributed by atoms with E-state index in [9.17, 15) is 4.39 Å². The van der Waals surface area contributed by atoms with Gasteiger partial charge in [-0.15, -0.1) is 0 Å². The Morgan fingerprint density at radius 2 is 2.10 bits per heavy atom. The van der Waals surface area contributed by atoms with Crippen LogP contribution in [0.1, 0.15) is 37.7 Å². The lowest BCUT2D eigenvalue weighted by Crippen LogP contribution is -2.21. The summed E-state index contributed by atoms with van der Waals surface area (Å²) in [6.07, 6.45) is 6.52. The zero-order valence-corrected chi connectivity index (χ0v) is 12.3. The molecule has 1 aliphatic carbocycles. The predicted molar refractivity (Wildman–Crippen MR) is 83.6 cm³/mol. The molecule has 0 unspecified atom stereocenters. The van der Waals surface area contributed by atoms with Crippen molar-refractivity contribution in [2.24, 2.45) is 5.73 Å². The number of hydrogen-bond donors (Lipinski definition) is 2. The van der Waals surface area contributed by atoms with E-state index in [-0.39, 0.29) is 10.6 Å². The Hall–Kier alpha value is -1.20. The van der Waals surface area contributed by atoms with E-state index < -0.39 is 5.82 Å². The number of benzene rings is 1. The van der Waals surface area contributed by atoms with Gasteiger partial charge in [0, 0.05) is 12.2 Å². The first-order chi connectivity index (χ1) is 9.68. The highest BCUT2D eigenvalue weighted by molar-refractivity contribution is 7.80. The van der Waals surface area contributed by atoms with Crippen LogP contribution in [-0.2, 0) is 4.74 Å². The molecule has 1 aromatic rings. The standard InChI is InChI=1S/C15H21FN2OS/c16-12-7-4-8-13(14(12)15(17)20)18-9-10-19-11-5-2-1-3-6-11/h4,7-8,11,18H,1-3,5-6,9-10H2,(H2,17,20). The lowest BCUT2D eigenvalue weighted by Gasteiger charge is -2.22. The van der Waals surface area contributed by atoms with Crippen molar-refractivity contribution >= 4 is 22.9 Å². The molecule has 1 fully saturated rings. The summed E-state index contributed by atoms with van der Waals surface area (Å²) in [4.78, 5) is 0.0683. The Morgan fingerprint density at radius 1 is 1.35 bits per heavy atom. The van der Waals surface area contributed by atoms with Gasteiger partial charge in [0.1, 0.15) is 10.8 Å². The van der Waals surface area contributed by atoms with Gasteiger partial charge in [-0.05, 0) is 25.0 Å². The zero-order chi connectivity index (χ0) is 14.4. The predicted octanol–water partition coefficient (Wildman–Crippen LogP) is 3.22. The van der Waals surface area contributed by atoms with E-state index in [0.29, 0.717) is 24.9 Å². The van der Waals surface area contributed by atoms with Gasteiger partial charge in [0.15, 0.2) is 0 Å². The van der Waals surface area contributed by atoms with E-state index in [0.717, 1.165) is 12.8 Å². The molecule has 5 heteroatoms. The Bertz CT molecular complexity index is 461. The number of nitrogens with one attached hydrogen (secondary N) is 1. The summed E-state index contributed by atoms with van der Waals surface area (Å²) < 4.78 is 19.5. The van der Waals surface area contributed by atoms with Crippen LogP contribution in [0.3, 0.4) is 0 Å². The van der Waals surface area contributed by atoms with E-state index >= 15 is 0 Å². The second-order valence-electron chi connectivity index (χ2n) is 5.08. The van der Waals surface area contributed by atoms with Crippen molar-refractivity contribution in [2.45, 2.75) is 38.2 Å². The van der Waals surface area contributed by atoms with Crippen LogP contribution in [0.5, 0.6) is 0 Å². The Balaban J connectivity index is 1.82. The van der Waals surface area contributed by atoms with Gasteiger partial charge in [-0.25, -0.2) is 4.39 Å². The SMILES string of the molecule is NC(=S)c1c(F)cccc1NCCOC1CCCCC1. The molecule has 1 saturated carbocycles. The molecule has 0 atom stereocenters. The van der Waals surface area contributed by atoms with Gasteiger partial charge in [-0.3, -0.25) is 0 Å². The molecule has 0 bridgehead atoms. The maximum atomic E-state index is 13.7. The van der Waals surface area contributed by atoms with Crippen molar-refractivity contribution < 1.29 is 9.13 Å². The molecular formula is C15H21FN2OS. The summed E-state index contributed by atoms with van der Waals surface area (Å²) in [7, 11) is 0. The lowest BCUT2D eigenvalue weighted by atomic mass is 9.98. The monoisotopic (exact) mass is 296 g/mol. The van der Waals surface area contributed by atoms with Gasteiger partial charge in [0.2, 0.25) is 0 Å². The first-order valence-electron chi connectivity index (χ1n) is 7.12. The molecule has 1 aromatic carbocycles. The quantitative estimate of drug-likeness (QED) is 0.625. The smallest absolute Gasteiger partial charge is 0.135 e. The van der Waals surface area contributed by atoms with E-state index in [1.165, 1.54) is 25.3 Å². The molecule has 0 aromatic heterocycles. The fourth-order valence-electron chi connectivity index (χ4n) is 2.56. The largest absolute Gasteiger partial charge is 0.389 e. The topological polar surface area (TPSA) is 47.3 Å². The molecule has 0 amide bonds. The van der Waals surface area contributed by atoms with Crippen LogP contribution in [0.15, 0.2) is 18.2 Å². The van der Waals surface area contributed by atoms with Crippen molar-refractivity contribution in [3.63, 3.8) is 0 Å². The molecule has 110 valence electrons. The van der Waals surface area contributed by atoms with Gasteiger partial charge in [0.05, 0.1) is 18.3 Å². The summed E-state index contributed by atoms with van der Waals surface area (Å²) >= 11 is 4.88. The van der Waals surface area contributed by atoms with Crippen molar-refractivity contribution in [1.29, 1.82) is 0 Å². The van der Waals surface area contributed by atoms with Crippen molar-refractivity contribution in [1.82, 2.24) is 0 Å². The minimum Gasteiger partial charge on any atom is -0.389 e. The first-order valence-corrected chi connectivity index (χ1v) is 7.53. The van der Waals surface area contributed by atoms with E-state index in [1.807, 2.05) is 0 Å². The molecule has 3 N–H and O–H groups in total. The van der Waals surface area contributed by atoms with Crippen LogP contribution in [0.4, 0.5) is 10.1 Å². The zero-order valence-electron chi connectivity index (χ0n) is 11.5. The van der Waals surface area contributed by atoms with Crippen molar-refractivity contribution in [3.05, 3.63) is 29.6 Å². The summed E-state index contributed by atoms with van der Waals surface area (Å²) in [5.41, 5.74) is 6.46. The fourth-order valence-corrected chi connectivity index (χ4v) is 2.77. The maximum absolute atomic E-state index is 13.7. The van der Waals surface area contributed by atoms with E-state index in [2.05, 4.69) is 5.32 Å². The highest BCUT2D eigenvalue weighted by Gasteiger charge is 2.14. The van der Waals surface area contributed by atoms with Crippen LogP contribution < -0.4 is 11.1 Å². The molecule has 0 saturated heterocycles. The average molecular weight is 296 g/mol. The Morgan fingerprint density at radius 3 is 2.80 bits per heavy atom. The molecule has 0 heterocycles. The molecule has 0 aliphatic heterocycles. The number of ether oxygens (including phenoxy) is 1. The molecule has 0 spiro atoms. The third kappa shape index (κ3) is 4.15.